The smallest absolute Gasteiger partial charge is 0.295 e. The SMILES string of the molecule is O=[N+]([O-])c1ccc(N=Nc2c(NNc3ccc([N+](=O)[O-])cn3)cc(S(=O)(=O)O)c3ccccc23)nc1. The first-order valence-corrected chi connectivity index (χ1v) is 11.3. The van der Waals surface area contributed by atoms with Crippen molar-refractivity contribution >= 4 is 55.3 Å². The van der Waals surface area contributed by atoms with Crippen LogP contribution in [0.4, 0.5) is 34.4 Å². The number of nitro groups is 2. The molecule has 0 aliphatic rings. The summed E-state index contributed by atoms with van der Waals surface area (Å²) in [6.07, 6.45) is 2.03. The molecule has 4 rings (SSSR count). The van der Waals surface area contributed by atoms with E-state index in [0.717, 1.165) is 18.5 Å². The molecule has 0 unspecified atom stereocenters. The minimum atomic E-state index is -4.65. The maximum Gasteiger partial charge on any atom is 0.295 e. The zero-order chi connectivity index (χ0) is 25.9. The summed E-state index contributed by atoms with van der Waals surface area (Å²) in [5.41, 5.74) is 5.11. The summed E-state index contributed by atoms with van der Waals surface area (Å²) in [4.78, 5) is 27.8. The normalized spacial score (nSPS) is 11.5. The molecule has 36 heavy (non-hydrogen) atoms. The lowest BCUT2D eigenvalue weighted by atomic mass is 10.1. The van der Waals surface area contributed by atoms with Gasteiger partial charge in [-0.05, 0) is 18.2 Å². The third kappa shape index (κ3) is 5.18. The molecule has 15 nitrogen and oxygen atoms in total. The maximum atomic E-state index is 12.1. The molecule has 2 heterocycles. The van der Waals surface area contributed by atoms with Crippen LogP contribution in [0.2, 0.25) is 0 Å². The van der Waals surface area contributed by atoms with Gasteiger partial charge < -0.3 is 0 Å². The van der Waals surface area contributed by atoms with Crippen molar-refractivity contribution in [1.82, 2.24) is 9.97 Å². The summed E-state index contributed by atoms with van der Waals surface area (Å²) in [5, 5.41) is 30.2. The topological polar surface area (TPSA) is 215 Å². The van der Waals surface area contributed by atoms with Crippen LogP contribution in [0, 0.1) is 20.2 Å². The number of nitrogens with one attached hydrogen (secondary N) is 2. The predicted molar refractivity (Wildman–Crippen MR) is 127 cm³/mol. The maximum absolute atomic E-state index is 12.1. The van der Waals surface area contributed by atoms with Gasteiger partial charge in [-0.1, -0.05) is 24.3 Å². The Balaban J connectivity index is 1.78. The monoisotopic (exact) mass is 510 g/mol. The average Bonchev–Trinajstić information content (AvgIpc) is 2.85. The Morgan fingerprint density at radius 2 is 1.47 bits per heavy atom. The number of aromatic nitrogens is 2. The molecule has 4 aromatic rings. The molecule has 0 atom stereocenters. The molecule has 0 bridgehead atoms. The third-order valence-electron chi connectivity index (χ3n) is 4.74. The number of pyridine rings is 2. The van der Waals surface area contributed by atoms with E-state index in [1.54, 1.807) is 18.2 Å². The minimum Gasteiger partial charge on any atom is -0.297 e. The molecule has 0 aliphatic heterocycles. The van der Waals surface area contributed by atoms with Gasteiger partial charge in [0, 0.05) is 22.9 Å². The van der Waals surface area contributed by atoms with Crippen LogP contribution in [-0.4, -0.2) is 32.8 Å². The molecule has 0 saturated heterocycles. The fourth-order valence-corrected chi connectivity index (χ4v) is 3.81. The number of nitrogens with zero attached hydrogens (tertiary/aromatic N) is 6. The van der Waals surface area contributed by atoms with Crippen LogP contribution in [-0.2, 0) is 10.1 Å². The van der Waals surface area contributed by atoms with Crippen LogP contribution in [0.15, 0.2) is 82.1 Å². The Kier molecular flexibility index (Phi) is 6.44. The van der Waals surface area contributed by atoms with Gasteiger partial charge in [-0.25, -0.2) is 9.97 Å². The molecule has 0 aliphatic carbocycles. The van der Waals surface area contributed by atoms with Gasteiger partial charge in [0.1, 0.15) is 28.8 Å². The number of azo groups is 1. The number of hydrogen-bond donors (Lipinski definition) is 3. The van der Waals surface area contributed by atoms with Gasteiger partial charge in [-0.15, -0.1) is 10.2 Å². The van der Waals surface area contributed by atoms with Crippen molar-refractivity contribution in [2.24, 2.45) is 10.2 Å². The first-order valence-electron chi connectivity index (χ1n) is 9.81. The van der Waals surface area contributed by atoms with Gasteiger partial charge in [0.25, 0.3) is 21.5 Å². The van der Waals surface area contributed by atoms with Gasteiger partial charge in [0.15, 0.2) is 5.82 Å². The predicted octanol–water partition coefficient (Wildman–Crippen LogP) is 4.55. The molecule has 0 fully saturated rings. The molecule has 0 spiro atoms. The number of anilines is 2. The minimum absolute atomic E-state index is 0.0412. The summed E-state index contributed by atoms with van der Waals surface area (Å²) in [5.74, 6) is 0.196. The standard InChI is InChI=1S/C20H14N8O7S/c29-27(30)12-5-7-18(21-10-12)24-23-16-9-17(36(33,34)35)14-3-1-2-4-15(14)20(16)26-25-19-8-6-13(11-22-19)28(31)32/h1-11,23H,(H,21,24)(H,33,34,35). The van der Waals surface area contributed by atoms with Crippen molar-refractivity contribution in [2.45, 2.75) is 4.90 Å². The zero-order valence-corrected chi connectivity index (χ0v) is 18.7. The van der Waals surface area contributed by atoms with Crippen molar-refractivity contribution in [2.75, 3.05) is 10.9 Å². The Morgan fingerprint density at radius 3 is 2.03 bits per heavy atom. The van der Waals surface area contributed by atoms with Crippen LogP contribution in [0.3, 0.4) is 0 Å². The second-order valence-electron chi connectivity index (χ2n) is 7.03. The highest BCUT2D eigenvalue weighted by Crippen LogP contribution is 2.39. The van der Waals surface area contributed by atoms with E-state index in [9.17, 15) is 33.2 Å². The van der Waals surface area contributed by atoms with E-state index in [-0.39, 0.29) is 39.8 Å². The first-order chi connectivity index (χ1) is 17.1. The second kappa shape index (κ2) is 9.65. The lowest BCUT2D eigenvalue weighted by Crippen LogP contribution is -2.11. The Bertz CT molecular complexity index is 1610. The highest BCUT2D eigenvalue weighted by Gasteiger charge is 2.20. The zero-order valence-electron chi connectivity index (χ0n) is 17.8. The van der Waals surface area contributed by atoms with E-state index in [1.165, 1.54) is 30.3 Å². The Morgan fingerprint density at radius 1 is 0.833 bits per heavy atom. The fraction of sp³-hybridized carbons (Fsp3) is 0. The van der Waals surface area contributed by atoms with E-state index in [0.29, 0.717) is 5.39 Å². The Labute approximate surface area is 201 Å². The van der Waals surface area contributed by atoms with Crippen molar-refractivity contribution in [3.63, 3.8) is 0 Å². The van der Waals surface area contributed by atoms with E-state index < -0.39 is 24.9 Å². The number of hydrazine groups is 1. The van der Waals surface area contributed by atoms with Crippen LogP contribution < -0.4 is 10.9 Å². The molecular formula is C20H14N8O7S. The Hall–Kier alpha value is -5.09. The van der Waals surface area contributed by atoms with Crippen LogP contribution in [0.25, 0.3) is 10.8 Å². The third-order valence-corrected chi connectivity index (χ3v) is 5.63. The summed E-state index contributed by atoms with van der Waals surface area (Å²) < 4.78 is 33.9. The van der Waals surface area contributed by atoms with Gasteiger partial charge in [0.05, 0.1) is 15.5 Å². The molecule has 2 aromatic carbocycles. The molecule has 0 radical (unpaired) electrons. The van der Waals surface area contributed by atoms with E-state index in [4.69, 9.17) is 0 Å². The first kappa shape index (κ1) is 24.0. The van der Waals surface area contributed by atoms with Gasteiger partial charge in [-0.3, -0.25) is 35.6 Å². The largest absolute Gasteiger partial charge is 0.297 e. The summed E-state index contributed by atoms with van der Waals surface area (Å²) in [6.45, 7) is 0. The molecule has 0 amide bonds. The van der Waals surface area contributed by atoms with Gasteiger partial charge >= 0.3 is 0 Å². The van der Waals surface area contributed by atoms with Crippen molar-refractivity contribution in [1.29, 1.82) is 0 Å². The van der Waals surface area contributed by atoms with Gasteiger partial charge in [0.2, 0.25) is 0 Å². The molecular weight excluding hydrogens is 496 g/mol. The summed E-state index contributed by atoms with van der Waals surface area (Å²) in [7, 11) is -4.65. The average molecular weight is 510 g/mol. The van der Waals surface area contributed by atoms with Gasteiger partial charge in [-0.2, -0.15) is 8.42 Å². The van der Waals surface area contributed by atoms with E-state index in [1.807, 2.05) is 0 Å². The van der Waals surface area contributed by atoms with Crippen LogP contribution in [0.5, 0.6) is 0 Å². The quantitative estimate of drug-likeness (QED) is 0.129. The van der Waals surface area contributed by atoms with Crippen molar-refractivity contribution in [3.8, 4) is 0 Å². The number of fused-ring (bicyclic) bond motifs is 1. The lowest BCUT2D eigenvalue weighted by molar-refractivity contribution is -0.385. The second-order valence-corrected chi connectivity index (χ2v) is 8.42. The number of rotatable bonds is 8. The van der Waals surface area contributed by atoms with E-state index in [2.05, 4.69) is 31.0 Å². The fourth-order valence-electron chi connectivity index (χ4n) is 3.09. The van der Waals surface area contributed by atoms with Crippen molar-refractivity contribution < 1.29 is 22.8 Å². The number of hydrogen-bond acceptors (Lipinski definition) is 12. The molecule has 182 valence electrons. The summed E-state index contributed by atoms with van der Waals surface area (Å²) >= 11 is 0. The molecule has 2 aromatic heterocycles. The lowest BCUT2D eigenvalue weighted by Gasteiger charge is -2.15. The van der Waals surface area contributed by atoms with E-state index >= 15 is 0 Å². The highest BCUT2D eigenvalue weighted by molar-refractivity contribution is 7.86. The van der Waals surface area contributed by atoms with Crippen LogP contribution >= 0.6 is 0 Å². The highest BCUT2D eigenvalue weighted by atomic mass is 32.2. The molecule has 0 saturated carbocycles. The van der Waals surface area contributed by atoms with Crippen molar-refractivity contribution in [3.05, 3.63) is 87.2 Å². The molecule has 3 N–H and O–H groups in total. The number of benzene rings is 2. The summed E-state index contributed by atoms with van der Waals surface area (Å²) in [6, 6.07) is 12.3. The van der Waals surface area contributed by atoms with Crippen LogP contribution in [0.1, 0.15) is 0 Å². The molecule has 16 heteroatoms.